The summed E-state index contributed by atoms with van der Waals surface area (Å²) in [5.74, 6) is -0.293. The van der Waals surface area contributed by atoms with Gasteiger partial charge in [0.2, 0.25) is 11.8 Å². The van der Waals surface area contributed by atoms with Crippen LogP contribution in [0.1, 0.15) is 11.1 Å². The molecule has 7 heteroatoms. The first kappa shape index (κ1) is 16.3. The van der Waals surface area contributed by atoms with Crippen LogP contribution in [0.3, 0.4) is 0 Å². The van der Waals surface area contributed by atoms with E-state index in [9.17, 15) is 14.4 Å². The van der Waals surface area contributed by atoms with Gasteiger partial charge in [0, 0.05) is 25.8 Å². The van der Waals surface area contributed by atoms with E-state index in [0.29, 0.717) is 19.6 Å². The third-order valence-electron chi connectivity index (χ3n) is 4.45. The standard InChI is InChI=1S/C17H22N4O3/c1-11-6-12(2)8-13(7-11)21-5-4-20(10-15(21)22)16(23)14-9-19(3)17(24)18-14/h6-8,14H,4-5,9-10H2,1-3H3,(H,18,24)/t14-/m1/s1. The summed E-state index contributed by atoms with van der Waals surface area (Å²) in [5, 5.41) is 2.64. The summed E-state index contributed by atoms with van der Waals surface area (Å²) in [7, 11) is 1.64. The third-order valence-corrected chi connectivity index (χ3v) is 4.45. The average Bonchev–Trinajstić information content (AvgIpc) is 2.85. The SMILES string of the molecule is Cc1cc(C)cc(N2CCN(C(=O)[C@H]3CN(C)C(=O)N3)CC2=O)c1. The van der Waals surface area contributed by atoms with E-state index in [1.165, 1.54) is 9.80 Å². The molecule has 0 bridgehead atoms. The van der Waals surface area contributed by atoms with E-state index in [1.807, 2.05) is 26.0 Å². The van der Waals surface area contributed by atoms with Crippen molar-refractivity contribution in [2.75, 3.05) is 38.1 Å². The molecule has 0 unspecified atom stereocenters. The third kappa shape index (κ3) is 3.06. The number of carbonyl (C=O) groups excluding carboxylic acids is 3. The van der Waals surface area contributed by atoms with Crippen molar-refractivity contribution in [1.29, 1.82) is 0 Å². The zero-order chi connectivity index (χ0) is 17.4. The minimum Gasteiger partial charge on any atom is -0.330 e. The summed E-state index contributed by atoms with van der Waals surface area (Å²) in [6.45, 7) is 5.31. The molecular weight excluding hydrogens is 308 g/mol. The highest BCUT2D eigenvalue weighted by Crippen LogP contribution is 2.21. The Hall–Kier alpha value is -2.57. The molecule has 0 radical (unpaired) electrons. The van der Waals surface area contributed by atoms with E-state index in [-0.39, 0.29) is 24.4 Å². The van der Waals surface area contributed by atoms with Crippen LogP contribution in [0.25, 0.3) is 0 Å². The molecule has 1 aromatic carbocycles. The highest BCUT2D eigenvalue weighted by atomic mass is 16.2. The minimum absolute atomic E-state index is 0.0436. The van der Waals surface area contributed by atoms with Gasteiger partial charge >= 0.3 is 6.03 Å². The van der Waals surface area contributed by atoms with Gasteiger partial charge in [0.15, 0.2) is 0 Å². The first-order chi connectivity index (χ1) is 11.3. The predicted molar refractivity (Wildman–Crippen MR) is 89.8 cm³/mol. The highest BCUT2D eigenvalue weighted by Gasteiger charge is 2.37. The number of rotatable bonds is 2. The van der Waals surface area contributed by atoms with Crippen molar-refractivity contribution in [3.63, 3.8) is 0 Å². The number of benzene rings is 1. The number of nitrogens with zero attached hydrogens (tertiary/aromatic N) is 3. The van der Waals surface area contributed by atoms with Crippen molar-refractivity contribution in [3.8, 4) is 0 Å². The van der Waals surface area contributed by atoms with Gasteiger partial charge in [0.25, 0.3) is 0 Å². The zero-order valence-electron chi connectivity index (χ0n) is 14.2. The second-order valence-electron chi connectivity index (χ2n) is 6.53. The van der Waals surface area contributed by atoms with Gasteiger partial charge in [-0.2, -0.15) is 0 Å². The zero-order valence-corrected chi connectivity index (χ0v) is 14.2. The van der Waals surface area contributed by atoms with Gasteiger partial charge in [-0.1, -0.05) is 6.07 Å². The number of piperazine rings is 1. The normalized spacial score (nSPS) is 21.3. The Bertz CT molecular complexity index is 683. The molecule has 0 aromatic heterocycles. The van der Waals surface area contributed by atoms with E-state index in [0.717, 1.165) is 16.8 Å². The second kappa shape index (κ2) is 6.14. The number of likely N-dealkylation sites (N-methyl/N-ethyl adjacent to an activating group) is 1. The summed E-state index contributed by atoms with van der Waals surface area (Å²) in [4.78, 5) is 41.2. The molecule has 2 heterocycles. The fourth-order valence-electron chi connectivity index (χ4n) is 3.26. The van der Waals surface area contributed by atoms with Crippen LogP contribution in [0.2, 0.25) is 0 Å². The number of amides is 4. The Labute approximate surface area is 141 Å². The molecule has 1 N–H and O–H groups in total. The molecular formula is C17H22N4O3. The molecule has 0 aliphatic carbocycles. The van der Waals surface area contributed by atoms with Crippen molar-refractivity contribution in [2.24, 2.45) is 0 Å². The average molecular weight is 330 g/mol. The number of nitrogens with one attached hydrogen (secondary N) is 1. The maximum Gasteiger partial charge on any atom is 0.317 e. The van der Waals surface area contributed by atoms with Gasteiger partial charge in [-0.05, 0) is 37.1 Å². The van der Waals surface area contributed by atoms with E-state index in [1.54, 1.807) is 11.9 Å². The lowest BCUT2D eigenvalue weighted by atomic mass is 10.1. The van der Waals surface area contributed by atoms with Gasteiger partial charge in [0.1, 0.15) is 12.6 Å². The van der Waals surface area contributed by atoms with Crippen molar-refractivity contribution < 1.29 is 14.4 Å². The summed E-state index contributed by atoms with van der Waals surface area (Å²) in [6, 6.07) is 5.20. The molecule has 2 fully saturated rings. The van der Waals surface area contributed by atoms with Crippen molar-refractivity contribution in [1.82, 2.24) is 15.1 Å². The Morgan fingerprint density at radius 2 is 1.79 bits per heavy atom. The van der Waals surface area contributed by atoms with Crippen LogP contribution in [-0.2, 0) is 9.59 Å². The second-order valence-corrected chi connectivity index (χ2v) is 6.53. The molecule has 3 rings (SSSR count). The maximum absolute atomic E-state index is 12.5. The number of hydrogen-bond acceptors (Lipinski definition) is 3. The van der Waals surface area contributed by atoms with E-state index < -0.39 is 6.04 Å². The number of hydrogen-bond donors (Lipinski definition) is 1. The molecule has 2 aliphatic rings. The molecule has 1 atom stereocenters. The lowest BCUT2D eigenvalue weighted by Crippen LogP contribution is -2.56. The molecule has 4 amide bonds. The lowest BCUT2D eigenvalue weighted by Gasteiger charge is -2.35. The van der Waals surface area contributed by atoms with Crippen LogP contribution in [0.4, 0.5) is 10.5 Å². The molecule has 128 valence electrons. The van der Waals surface area contributed by atoms with Crippen LogP contribution >= 0.6 is 0 Å². The Morgan fingerprint density at radius 1 is 1.12 bits per heavy atom. The molecule has 2 aliphatic heterocycles. The Kier molecular flexibility index (Phi) is 4.17. The molecule has 0 spiro atoms. The van der Waals surface area contributed by atoms with Crippen molar-refractivity contribution >= 4 is 23.5 Å². The van der Waals surface area contributed by atoms with Crippen LogP contribution < -0.4 is 10.2 Å². The summed E-state index contributed by atoms with van der Waals surface area (Å²) in [5.41, 5.74) is 3.08. The summed E-state index contributed by atoms with van der Waals surface area (Å²) >= 11 is 0. The first-order valence-corrected chi connectivity index (χ1v) is 8.04. The molecule has 1 aromatic rings. The smallest absolute Gasteiger partial charge is 0.317 e. The summed E-state index contributed by atoms with van der Waals surface area (Å²) in [6.07, 6.45) is 0. The quantitative estimate of drug-likeness (QED) is 0.858. The number of urea groups is 1. The largest absolute Gasteiger partial charge is 0.330 e. The van der Waals surface area contributed by atoms with Crippen molar-refractivity contribution in [3.05, 3.63) is 29.3 Å². The van der Waals surface area contributed by atoms with Crippen LogP contribution in [0, 0.1) is 13.8 Å². The predicted octanol–water partition coefficient (Wildman–Crippen LogP) is 0.502. The van der Waals surface area contributed by atoms with E-state index in [4.69, 9.17) is 0 Å². The molecule has 0 saturated carbocycles. The number of carbonyl (C=O) groups is 3. The van der Waals surface area contributed by atoms with Gasteiger partial charge in [-0.15, -0.1) is 0 Å². The van der Waals surface area contributed by atoms with E-state index >= 15 is 0 Å². The summed E-state index contributed by atoms with van der Waals surface area (Å²) < 4.78 is 0. The van der Waals surface area contributed by atoms with Crippen molar-refractivity contribution in [2.45, 2.75) is 19.9 Å². The van der Waals surface area contributed by atoms with Crippen LogP contribution in [0.15, 0.2) is 18.2 Å². The molecule has 7 nitrogen and oxygen atoms in total. The Morgan fingerprint density at radius 3 is 2.33 bits per heavy atom. The van der Waals surface area contributed by atoms with Crippen LogP contribution in [-0.4, -0.2) is 66.9 Å². The number of aryl methyl sites for hydroxylation is 2. The van der Waals surface area contributed by atoms with Gasteiger partial charge in [0.05, 0.1) is 6.54 Å². The highest BCUT2D eigenvalue weighted by molar-refractivity contribution is 5.99. The number of anilines is 1. The van der Waals surface area contributed by atoms with E-state index in [2.05, 4.69) is 11.4 Å². The fraction of sp³-hybridized carbons (Fsp3) is 0.471. The monoisotopic (exact) mass is 330 g/mol. The fourth-order valence-corrected chi connectivity index (χ4v) is 3.26. The van der Waals surface area contributed by atoms with Gasteiger partial charge in [-0.25, -0.2) is 4.79 Å². The van der Waals surface area contributed by atoms with Gasteiger partial charge < -0.3 is 20.0 Å². The Balaban J connectivity index is 1.68. The van der Waals surface area contributed by atoms with Gasteiger partial charge in [-0.3, -0.25) is 9.59 Å². The maximum atomic E-state index is 12.5. The molecule has 2 saturated heterocycles. The van der Waals surface area contributed by atoms with Crippen LogP contribution in [0.5, 0.6) is 0 Å². The first-order valence-electron chi connectivity index (χ1n) is 8.04. The minimum atomic E-state index is -0.567. The lowest BCUT2D eigenvalue weighted by molar-refractivity contribution is -0.138. The topological polar surface area (TPSA) is 73.0 Å². The molecule has 24 heavy (non-hydrogen) atoms.